The maximum absolute atomic E-state index is 13.5. The summed E-state index contributed by atoms with van der Waals surface area (Å²) < 4.78 is 14.3. The Morgan fingerprint density at radius 1 is 1.20 bits per heavy atom. The number of benzene rings is 2. The van der Waals surface area contributed by atoms with Crippen molar-refractivity contribution in [1.82, 2.24) is 5.32 Å². The van der Waals surface area contributed by atoms with E-state index in [0.717, 1.165) is 23.0 Å². The van der Waals surface area contributed by atoms with Crippen LogP contribution in [0.2, 0.25) is 0 Å². The lowest BCUT2D eigenvalue weighted by atomic mass is 9.89. The molecule has 0 aliphatic heterocycles. The Labute approximate surface area is 128 Å². The first-order valence-electron chi connectivity index (χ1n) is 6.75. The number of rotatable bonds is 5. The van der Waals surface area contributed by atoms with Gasteiger partial charge < -0.3 is 5.32 Å². The molecule has 1 N–H and O–H groups in total. The minimum atomic E-state index is -0.192. The largest absolute Gasteiger partial charge is 0.319 e. The summed E-state index contributed by atoms with van der Waals surface area (Å²) in [6.07, 6.45) is 0.821. The number of aryl methyl sites for hydroxylation is 1. The molecule has 0 fully saturated rings. The van der Waals surface area contributed by atoms with E-state index in [2.05, 4.69) is 46.4 Å². The van der Waals surface area contributed by atoms with E-state index in [-0.39, 0.29) is 5.82 Å². The molecule has 0 saturated heterocycles. The Bertz CT molecular complexity index is 563. The third-order valence-electron chi connectivity index (χ3n) is 3.48. The Kier molecular flexibility index (Phi) is 5.32. The molecule has 3 heteroatoms. The first-order chi connectivity index (χ1) is 9.60. The van der Waals surface area contributed by atoms with Gasteiger partial charge in [0.1, 0.15) is 5.82 Å². The molecule has 0 heterocycles. The molecule has 0 spiro atoms. The molecule has 2 aromatic rings. The SMILES string of the molecule is CNCC(Cc1cc(F)cc(Br)c1)c1ccccc1C. The molecule has 0 amide bonds. The first kappa shape index (κ1) is 15.2. The molecule has 0 aliphatic carbocycles. The Hall–Kier alpha value is -1.19. The van der Waals surface area contributed by atoms with Crippen LogP contribution in [-0.2, 0) is 6.42 Å². The Morgan fingerprint density at radius 2 is 1.95 bits per heavy atom. The van der Waals surface area contributed by atoms with Crippen LogP contribution in [0.5, 0.6) is 0 Å². The van der Waals surface area contributed by atoms with Crippen molar-refractivity contribution in [1.29, 1.82) is 0 Å². The monoisotopic (exact) mass is 335 g/mol. The molecule has 2 aromatic carbocycles. The van der Waals surface area contributed by atoms with Crippen molar-refractivity contribution in [3.05, 3.63) is 69.4 Å². The zero-order chi connectivity index (χ0) is 14.5. The van der Waals surface area contributed by atoms with Crippen LogP contribution in [-0.4, -0.2) is 13.6 Å². The maximum Gasteiger partial charge on any atom is 0.124 e. The number of hydrogen-bond acceptors (Lipinski definition) is 1. The molecule has 0 aliphatic rings. The quantitative estimate of drug-likeness (QED) is 0.851. The Morgan fingerprint density at radius 3 is 2.60 bits per heavy atom. The summed E-state index contributed by atoms with van der Waals surface area (Å²) in [5.41, 5.74) is 3.62. The van der Waals surface area contributed by atoms with E-state index < -0.39 is 0 Å². The van der Waals surface area contributed by atoms with Crippen molar-refractivity contribution in [2.24, 2.45) is 0 Å². The molecule has 0 aromatic heterocycles. The van der Waals surface area contributed by atoms with Crippen LogP contribution in [0.1, 0.15) is 22.6 Å². The van der Waals surface area contributed by atoms with Gasteiger partial charge in [0.25, 0.3) is 0 Å². The van der Waals surface area contributed by atoms with Crippen molar-refractivity contribution in [3.8, 4) is 0 Å². The van der Waals surface area contributed by atoms with E-state index in [9.17, 15) is 4.39 Å². The molecular weight excluding hydrogens is 317 g/mol. The number of nitrogens with one attached hydrogen (secondary N) is 1. The molecule has 20 heavy (non-hydrogen) atoms. The molecule has 0 bridgehead atoms. The highest BCUT2D eigenvalue weighted by Crippen LogP contribution is 2.25. The highest BCUT2D eigenvalue weighted by atomic mass is 79.9. The number of hydrogen-bond donors (Lipinski definition) is 1. The molecule has 106 valence electrons. The van der Waals surface area contributed by atoms with E-state index >= 15 is 0 Å². The Balaban J connectivity index is 2.28. The fourth-order valence-corrected chi connectivity index (χ4v) is 3.11. The third kappa shape index (κ3) is 3.90. The maximum atomic E-state index is 13.5. The first-order valence-corrected chi connectivity index (χ1v) is 7.54. The third-order valence-corrected chi connectivity index (χ3v) is 3.94. The molecule has 1 atom stereocenters. The summed E-state index contributed by atoms with van der Waals surface area (Å²) >= 11 is 3.36. The van der Waals surface area contributed by atoms with Gasteiger partial charge in [0.2, 0.25) is 0 Å². The highest BCUT2D eigenvalue weighted by Gasteiger charge is 2.14. The fourth-order valence-electron chi connectivity index (χ4n) is 2.60. The van der Waals surface area contributed by atoms with Gasteiger partial charge in [-0.05, 0) is 55.3 Å². The van der Waals surface area contributed by atoms with Crippen LogP contribution in [0, 0.1) is 12.7 Å². The van der Waals surface area contributed by atoms with Crippen LogP contribution < -0.4 is 5.32 Å². The van der Waals surface area contributed by atoms with Gasteiger partial charge in [-0.2, -0.15) is 0 Å². The smallest absolute Gasteiger partial charge is 0.124 e. The molecule has 2 rings (SSSR count). The van der Waals surface area contributed by atoms with Crippen molar-refractivity contribution in [3.63, 3.8) is 0 Å². The zero-order valence-corrected chi connectivity index (χ0v) is 13.4. The highest BCUT2D eigenvalue weighted by molar-refractivity contribution is 9.10. The van der Waals surface area contributed by atoms with Crippen molar-refractivity contribution >= 4 is 15.9 Å². The van der Waals surface area contributed by atoms with Crippen molar-refractivity contribution < 1.29 is 4.39 Å². The van der Waals surface area contributed by atoms with Crippen LogP contribution >= 0.6 is 15.9 Å². The molecule has 0 radical (unpaired) electrons. The summed E-state index contributed by atoms with van der Waals surface area (Å²) in [5.74, 6) is 0.150. The second-order valence-corrected chi connectivity index (χ2v) is 6.01. The second kappa shape index (κ2) is 7.00. The summed E-state index contributed by atoms with van der Waals surface area (Å²) in [5, 5.41) is 3.24. The zero-order valence-electron chi connectivity index (χ0n) is 11.8. The topological polar surface area (TPSA) is 12.0 Å². The lowest BCUT2D eigenvalue weighted by Gasteiger charge is -2.19. The van der Waals surface area contributed by atoms with Gasteiger partial charge in [-0.15, -0.1) is 0 Å². The normalized spacial score (nSPS) is 12.4. The van der Waals surface area contributed by atoms with Gasteiger partial charge in [-0.3, -0.25) is 0 Å². The minimum absolute atomic E-state index is 0.192. The van der Waals surface area contributed by atoms with Gasteiger partial charge >= 0.3 is 0 Å². The van der Waals surface area contributed by atoms with E-state index in [1.54, 1.807) is 6.07 Å². The van der Waals surface area contributed by atoms with Crippen molar-refractivity contribution in [2.75, 3.05) is 13.6 Å². The summed E-state index contributed by atoms with van der Waals surface area (Å²) in [4.78, 5) is 0. The standard InChI is InChI=1S/C17H19BrFN/c1-12-5-3-4-6-17(12)14(11-20-2)7-13-8-15(18)10-16(19)9-13/h3-6,8-10,14,20H,7,11H2,1-2H3. The van der Waals surface area contributed by atoms with Crippen LogP contribution in [0.15, 0.2) is 46.9 Å². The summed E-state index contributed by atoms with van der Waals surface area (Å²) in [6, 6.07) is 13.5. The summed E-state index contributed by atoms with van der Waals surface area (Å²) in [7, 11) is 1.95. The lowest BCUT2D eigenvalue weighted by Crippen LogP contribution is -2.20. The second-order valence-electron chi connectivity index (χ2n) is 5.09. The van der Waals surface area contributed by atoms with E-state index in [4.69, 9.17) is 0 Å². The van der Waals surface area contributed by atoms with Crippen LogP contribution in [0.25, 0.3) is 0 Å². The van der Waals surface area contributed by atoms with Crippen molar-refractivity contribution in [2.45, 2.75) is 19.3 Å². The van der Waals surface area contributed by atoms with E-state index in [1.807, 2.05) is 19.2 Å². The fraction of sp³-hybridized carbons (Fsp3) is 0.294. The van der Waals surface area contributed by atoms with Gasteiger partial charge in [-0.25, -0.2) is 4.39 Å². The van der Waals surface area contributed by atoms with Crippen LogP contribution in [0.4, 0.5) is 4.39 Å². The summed E-state index contributed by atoms with van der Waals surface area (Å²) in [6.45, 7) is 3.00. The molecule has 1 unspecified atom stereocenters. The van der Waals surface area contributed by atoms with Crippen LogP contribution in [0.3, 0.4) is 0 Å². The predicted molar refractivity (Wildman–Crippen MR) is 85.7 cm³/mol. The molecule has 0 saturated carbocycles. The average Bonchev–Trinajstić information content (AvgIpc) is 2.37. The van der Waals surface area contributed by atoms with Gasteiger partial charge in [-0.1, -0.05) is 40.2 Å². The van der Waals surface area contributed by atoms with Gasteiger partial charge in [0, 0.05) is 16.9 Å². The molecular formula is C17H19BrFN. The number of likely N-dealkylation sites (N-methyl/N-ethyl adjacent to an activating group) is 1. The minimum Gasteiger partial charge on any atom is -0.319 e. The van der Waals surface area contributed by atoms with Gasteiger partial charge in [0.15, 0.2) is 0 Å². The lowest BCUT2D eigenvalue weighted by molar-refractivity contribution is 0.606. The van der Waals surface area contributed by atoms with E-state index in [0.29, 0.717) is 5.92 Å². The average molecular weight is 336 g/mol. The predicted octanol–water partition coefficient (Wildman–Crippen LogP) is 4.44. The van der Waals surface area contributed by atoms with Gasteiger partial charge in [0.05, 0.1) is 0 Å². The molecule has 1 nitrogen and oxygen atoms in total. The van der Waals surface area contributed by atoms with E-state index in [1.165, 1.54) is 17.2 Å². The number of halogens is 2.